The molecule has 1 atom stereocenters. The Morgan fingerprint density at radius 2 is 1.62 bits per heavy atom. The average molecular weight is 381 g/mol. The maximum absolute atomic E-state index is 13.3. The first kappa shape index (κ1) is 17.4. The minimum absolute atomic E-state index is 0.0672. The van der Waals surface area contributed by atoms with E-state index < -0.39 is 5.63 Å². The summed E-state index contributed by atoms with van der Waals surface area (Å²) >= 11 is 0. The highest BCUT2D eigenvalue weighted by Gasteiger charge is 2.30. The van der Waals surface area contributed by atoms with E-state index in [1.165, 1.54) is 5.56 Å². The molecule has 0 N–H and O–H groups in total. The van der Waals surface area contributed by atoms with E-state index in [4.69, 9.17) is 4.42 Å². The van der Waals surface area contributed by atoms with E-state index in [0.29, 0.717) is 18.7 Å². The summed E-state index contributed by atoms with van der Waals surface area (Å²) in [5.41, 5.74) is 3.46. The van der Waals surface area contributed by atoms with E-state index in [1.54, 1.807) is 23.1 Å². The Morgan fingerprint density at radius 1 is 0.897 bits per heavy atom. The monoisotopic (exact) mass is 381 g/mol. The lowest BCUT2D eigenvalue weighted by molar-refractivity contribution is 0.0721. The van der Waals surface area contributed by atoms with Gasteiger partial charge in [-0.15, -0.1) is 0 Å². The van der Waals surface area contributed by atoms with Gasteiger partial charge in [0.1, 0.15) is 11.1 Å². The van der Waals surface area contributed by atoms with Crippen LogP contribution >= 0.6 is 0 Å². The van der Waals surface area contributed by atoms with Crippen LogP contribution < -0.4 is 5.63 Å². The lowest BCUT2D eigenvalue weighted by atomic mass is 9.84. The van der Waals surface area contributed by atoms with Crippen LogP contribution in [-0.4, -0.2) is 17.4 Å². The van der Waals surface area contributed by atoms with Gasteiger partial charge in [-0.1, -0.05) is 72.8 Å². The molecule has 1 aromatic heterocycles. The molecular weight excluding hydrogens is 362 g/mol. The van der Waals surface area contributed by atoms with Gasteiger partial charge in [0.05, 0.1) is 0 Å². The first-order valence-corrected chi connectivity index (χ1v) is 9.65. The van der Waals surface area contributed by atoms with Crippen molar-refractivity contribution in [2.45, 2.75) is 12.5 Å². The van der Waals surface area contributed by atoms with Gasteiger partial charge >= 0.3 is 5.63 Å². The standard InChI is InChI=1S/C25H19NO3/c27-24(21-14-18-10-5-7-13-23(18)29-25(21)28)26-15-19-11-4-6-12-20(19)22(16-26)17-8-2-1-3-9-17/h1-14,22H,15-16H2/t22-/m1/s1. The van der Waals surface area contributed by atoms with Crippen molar-refractivity contribution in [3.05, 3.63) is 118 Å². The summed E-state index contributed by atoms with van der Waals surface area (Å²) in [4.78, 5) is 27.6. The first-order valence-electron chi connectivity index (χ1n) is 9.65. The fourth-order valence-electron chi connectivity index (χ4n) is 4.11. The second kappa shape index (κ2) is 7.06. The smallest absolute Gasteiger partial charge is 0.349 e. The molecule has 29 heavy (non-hydrogen) atoms. The molecule has 4 aromatic rings. The van der Waals surface area contributed by atoms with E-state index in [0.717, 1.165) is 16.5 Å². The number of hydrogen-bond acceptors (Lipinski definition) is 3. The van der Waals surface area contributed by atoms with Crippen LogP contribution in [0.15, 0.2) is 94.1 Å². The van der Waals surface area contributed by atoms with Crippen LogP contribution in [0.1, 0.15) is 33.0 Å². The molecule has 5 rings (SSSR count). The predicted molar refractivity (Wildman–Crippen MR) is 112 cm³/mol. The molecule has 142 valence electrons. The molecule has 0 unspecified atom stereocenters. The predicted octanol–water partition coefficient (Wildman–Crippen LogP) is 4.58. The van der Waals surface area contributed by atoms with Gasteiger partial charge in [0.25, 0.3) is 5.91 Å². The maximum Gasteiger partial charge on any atom is 0.349 e. The van der Waals surface area contributed by atoms with Crippen LogP contribution in [0.5, 0.6) is 0 Å². The summed E-state index contributed by atoms with van der Waals surface area (Å²) in [7, 11) is 0. The minimum Gasteiger partial charge on any atom is -0.422 e. The number of rotatable bonds is 2. The van der Waals surface area contributed by atoms with E-state index in [2.05, 4.69) is 18.2 Å². The Hall–Kier alpha value is -3.66. The van der Waals surface area contributed by atoms with Crippen molar-refractivity contribution in [3.8, 4) is 0 Å². The van der Waals surface area contributed by atoms with Crippen LogP contribution in [0.2, 0.25) is 0 Å². The molecule has 0 saturated heterocycles. The molecule has 0 spiro atoms. The van der Waals surface area contributed by atoms with Gasteiger partial charge in [0.15, 0.2) is 0 Å². The summed E-state index contributed by atoms with van der Waals surface area (Å²) in [6.07, 6.45) is 0. The molecule has 0 fully saturated rings. The fourth-order valence-corrected chi connectivity index (χ4v) is 4.11. The summed E-state index contributed by atoms with van der Waals surface area (Å²) in [5, 5.41) is 0.743. The summed E-state index contributed by atoms with van der Waals surface area (Å²) in [6.45, 7) is 0.997. The zero-order valence-electron chi connectivity index (χ0n) is 15.7. The molecule has 1 aliphatic heterocycles. The third kappa shape index (κ3) is 3.13. The zero-order chi connectivity index (χ0) is 19.8. The molecule has 4 heteroatoms. The van der Waals surface area contributed by atoms with E-state index in [9.17, 15) is 9.59 Å². The Morgan fingerprint density at radius 3 is 2.48 bits per heavy atom. The summed E-state index contributed by atoms with van der Waals surface area (Å²) in [6, 6.07) is 27.2. The summed E-state index contributed by atoms with van der Waals surface area (Å²) < 4.78 is 5.38. The Balaban J connectivity index is 1.56. The highest BCUT2D eigenvalue weighted by Crippen LogP contribution is 2.34. The van der Waals surface area contributed by atoms with Crippen molar-refractivity contribution in [1.82, 2.24) is 4.90 Å². The van der Waals surface area contributed by atoms with E-state index >= 15 is 0 Å². The third-order valence-electron chi connectivity index (χ3n) is 5.56. The largest absolute Gasteiger partial charge is 0.422 e. The number of hydrogen-bond donors (Lipinski definition) is 0. The molecule has 0 aliphatic carbocycles. The van der Waals surface area contributed by atoms with Crippen molar-refractivity contribution in [2.75, 3.05) is 6.54 Å². The lowest BCUT2D eigenvalue weighted by Crippen LogP contribution is -2.40. The molecule has 1 aliphatic rings. The number of carbonyl (C=O) groups is 1. The number of amides is 1. The third-order valence-corrected chi connectivity index (χ3v) is 5.56. The lowest BCUT2D eigenvalue weighted by Gasteiger charge is -2.35. The zero-order valence-corrected chi connectivity index (χ0v) is 15.7. The maximum atomic E-state index is 13.3. The van der Waals surface area contributed by atoms with Crippen LogP contribution in [0.4, 0.5) is 0 Å². The van der Waals surface area contributed by atoms with Crippen molar-refractivity contribution < 1.29 is 9.21 Å². The van der Waals surface area contributed by atoms with Crippen LogP contribution in [0.3, 0.4) is 0 Å². The molecule has 4 nitrogen and oxygen atoms in total. The topological polar surface area (TPSA) is 50.5 Å². The SMILES string of the molecule is O=C(c1cc2ccccc2oc1=O)N1Cc2ccccc2[C@@H](c2ccccc2)C1. The van der Waals surface area contributed by atoms with E-state index in [-0.39, 0.29) is 17.4 Å². The quantitative estimate of drug-likeness (QED) is 0.478. The number of fused-ring (bicyclic) bond motifs is 2. The molecule has 0 radical (unpaired) electrons. The number of benzene rings is 3. The molecule has 0 saturated carbocycles. The van der Waals surface area contributed by atoms with Gasteiger partial charge in [-0.25, -0.2) is 4.79 Å². The Kier molecular flexibility index (Phi) is 4.24. The average Bonchev–Trinajstić information content (AvgIpc) is 2.78. The second-order valence-corrected chi connectivity index (χ2v) is 7.33. The van der Waals surface area contributed by atoms with Crippen molar-refractivity contribution in [1.29, 1.82) is 0 Å². The molecule has 3 aromatic carbocycles. The van der Waals surface area contributed by atoms with Crippen molar-refractivity contribution >= 4 is 16.9 Å². The minimum atomic E-state index is -0.594. The van der Waals surface area contributed by atoms with Gasteiger partial charge in [-0.3, -0.25) is 4.79 Å². The number of para-hydroxylation sites is 1. The normalized spacial score (nSPS) is 15.9. The molecule has 1 amide bonds. The van der Waals surface area contributed by atoms with Gasteiger partial charge in [-0.2, -0.15) is 0 Å². The first-order chi connectivity index (χ1) is 14.2. The Bertz CT molecular complexity index is 1260. The summed E-state index contributed by atoms with van der Waals surface area (Å²) in [5.74, 6) is -0.225. The van der Waals surface area contributed by atoms with Gasteiger partial charge in [0, 0.05) is 24.4 Å². The van der Waals surface area contributed by atoms with Gasteiger partial charge < -0.3 is 9.32 Å². The van der Waals surface area contributed by atoms with Crippen LogP contribution in [0, 0.1) is 0 Å². The fraction of sp³-hybridized carbons (Fsp3) is 0.120. The second-order valence-electron chi connectivity index (χ2n) is 7.33. The molecule has 0 bridgehead atoms. The Labute approximate surface area is 168 Å². The van der Waals surface area contributed by atoms with Gasteiger partial charge in [-0.05, 0) is 28.8 Å². The van der Waals surface area contributed by atoms with Crippen LogP contribution in [-0.2, 0) is 6.54 Å². The highest BCUT2D eigenvalue weighted by molar-refractivity contribution is 5.96. The number of carbonyl (C=O) groups excluding carboxylic acids is 1. The van der Waals surface area contributed by atoms with Gasteiger partial charge in [0.2, 0.25) is 0 Å². The molecular formula is C25H19NO3. The molecule has 2 heterocycles. The number of nitrogens with zero attached hydrogens (tertiary/aromatic N) is 1. The van der Waals surface area contributed by atoms with Crippen LogP contribution in [0.25, 0.3) is 11.0 Å². The van der Waals surface area contributed by atoms with E-state index in [1.807, 2.05) is 48.5 Å². The van der Waals surface area contributed by atoms with Crippen molar-refractivity contribution in [2.24, 2.45) is 0 Å². The highest BCUT2D eigenvalue weighted by atomic mass is 16.4. The van der Waals surface area contributed by atoms with Crippen molar-refractivity contribution in [3.63, 3.8) is 0 Å².